The molecule has 0 saturated heterocycles. The molecule has 3 rings (SSSR count). The number of hydrazine groups is 1. The van der Waals surface area contributed by atoms with Gasteiger partial charge in [0, 0.05) is 5.41 Å². The van der Waals surface area contributed by atoms with Crippen molar-refractivity contribution in [3.05, 3.63) is 66.2 Å². The number of carbonyl (C=O) groups excluding carboxylic acids is 2. The first-order chi connectivity index (χ1) is 16.1. The van der Waals surface area contributed by atoms with Gasteiger partial charge < -0.3 is 9.47 Å². The Morgan fingerprint density at radius 1 is 0.971 bits per heavy atom. The third-order valence-electron chi connectivity index (χ3n) is 5.50. The van der Waals surface area contributed by atoms with Gasteiger partial charge in [0.05, 0.1) is 36.2 Å². The predicted molar refractivity (Wildman–Crippen MR) is 133 cm³/mol. The summed E-state index contributed by atoms with van der Waals surface area (Å²) in [7, 11) is 0. The van der Waals surface area contributed by atoms with Crippen LogP contribution in [0.4, 0.5) is 15.3 Å². The lowest BCUT2D eigenvalue weighted by atomic mass is 9.77. The molecule has 8 nitrogen and oxygen atoms in total. The molecule has 1 aliphatic rings. The van der Waals surface area contributed by atoms with Crippen LogP contribution in [0.5, 0.6) is 0 Å². The van der Waals surface area contributed by atoms with E-state index in [-0.39, 0.29) is 24.8 Å². The number of hydrogen-bond acceptors (Lipinski definition) is 6. The Morgan fingerprint density at radius 2 is 1.53 bits per heavy atom. The van der Waals surface area contributed by atoms with Gasteiger partial charge in [-0.25, -0.2) is 20.0 Å². The number of nitrogens with zero attached hydrogens (tertiary/aromatic N) is 3. The molecule has 0 aromatic heterocycles. The number of benzene rings is 2. The Morgan fingerprint density at radius 3 is 2.09 bits per heavy atom. The van der Waals surface area contributed by atoms with Crippen molar-refractivity contribution in [1.29, 1.82) is 0 Å². The van der Waals surface area contributed by atoms with Crippen molar-refractivity contribution in [2.45, 2.75) is 59.8 Å². The van der Waals surface area contributed by atoms with E-state index < -0.39 is 17.6 Å². The van der Waals surface area contributed by atoms with E-state index in [0.717, 1.165) is 17.0 Å². The molecule has 2 aromatic rings. The predicted octanol–water partition coefficient (Wildman–Crippen LogP) is 5.20. The summed E-state index contributed by atoms with van der Waals surface area (Å²) in [5.41, 5.74) is 4.86. The van der Waals surface area contributed by atoms with Crippen LogP contribution in [0, 0.1) is 5.41 Å². The number of amides is 2. The average Bonchev–Trinajstić information content (AvgIpc) is 3.03. The average molecular weight is 467 g/mol. The van der Waals surface area contributed by atoms with Gasteiger partial charge in [0.15, 0.2) is 0 Å². The van der Waals surface area contributed by atoms with E-state index in [9.17, 15) is 9.59 Å². The maximum atomic E-state index is 12.9. The minimum Gasteiger partial charge on any atom is -0.446 e. The smallest absolute Gasteiger partial charge is 0.429 e. The van der Waals surface area contributed by atoms with E-state index in [1.54, 1.807) is 27.7 Å². The molecule has 1 unspecified atom stereocenters. The first kappa shape index (κ1) is 25.1. The van der Waals surface area contributed by atoms with Crippen molar-refractivity contribution in [3.8, 4) is 0 Å². The topological polar surface area (TPSA) is 83.5 Å². The van der Waals surface area contributed by atoms with Crippen LogP contribution in [0.3, 0.4) is 0 Å². The lowest BCUT2D eigenvalue weighted by Gasteiger charge is -2.36. The number of nitrogens with one attached hydrogen (secondary N) is 1. The summed E-state index contributed by atoms with van der Waals surface area (Å²) in [6.07, 6.45) is -2.06. The quantitative estimate of drug-likeness (QED) is 0.592. The molecule has 0 saturated carbocycles. The summed E-state index contributed by atoms with van der Waals surface area (Å²) in [6, 6.07) is 19.4. The normalized spacial score (nSPS) is 16.9. The van der Waals surface area contributed by atoms with E-state index >= 15 is 0 Å². The van der Waals surface area contributed by atoms with Crippen LogP contribution in [0.1, 0.15) is 47.1 Å². The van der Waals surface area contributed by atoms with Crippen molar-refractivity contribution >= 4 is 23.6 Å². The zero-order valence-corrected chi connectivity index (χ0v) is 20.7. The number of hydrazone groups is 1. The van der Waals surface area contributed by atoms with Crippen LogP contribution < -0.4 is 10.4 Å². The lowest BCUT2D eigenvalue weighted by Crippen LogP contribution is -2.56. The first-order valence-corrected chi connectivity index (χ1v) is 11.5. The Balaban J connectivity index is 1.98. The monoisotopic (exact) mass is 466 g/mol. The van der Waals surface area contributed by atoms with Crippen molar-refractivity contribution in [1.82, 2.24) is 10.4 Å². The highest BCUT2D eigenvalue weighted by Gasteiger charge is 2.47. The maximum absolute atomic E-state index is 12.9. The first-order valence-electron chi connectivity index (χ1n) is 11.5. The van der Waals surface area contributed by atoms with Gasteiger partial charge in [0.25, 0.3) is 0 Å². The summed E-state index contributed by atoms with van der Waals surface area (Å²) in [4.78, 5) is 25.3. The number of carbonyl (C=O) groups is 2. The summed E-state index contributed by atoms with van der Waals surface area (Å²) < 4.78 is 10.6. The minimum absolute atomic E-state index is 0.125. The van der Waals surface area contributed by atoms with Gasteiger partial charge in [0.2, 0.25) is 0 Å². The van der Waals surface area contributed by atoms with Gasteiger partial charge in [-0.1, -0.05) is 62.4 Å². The highest BCUT2D eigenvalue weighted by atomic mass is 16.6. The van der Waals surface area contributed by atoms with Crippen LogP contribution in [0.15, 0.2) is 65.8 Å². The Bertz CT molecular complexity index is 1010. The summed E-state index contributed by atoms with van der Waals surface area (Å²) in [5, 5.41) is 8.08. The zero-order chi connectivity index (χ0) is 24.9. The van der Waals surface area contributed by atoms with E-state index in [4.69, 9.17) is 14.6 Å². The second-order valence-electron chi connectivity index (χ2n) is 9.34. The van der Waals surface area contributed by atoms with E-state index in [1.165, 1.54) is 5.01 Å². The second-order valence-corrected chi connectivity index (χ2v) is 9.34. The van der Waals surface area contributed by atoms with Crippen molar-refractivity contribution in [2.24, 2.45) is 10.5 Å². The lowest BCUT2D eigenvalue weighted by molar-refractivity contribution is 0.0425. The molecule has 2 amide bonds. The van der Waals surface area contributed by atoms with Crippen molar-refractivity contribution in [3.63, 3.8) is 0 Å². The molecule has 182 valence electrons. The molecule has 1 aliphatic heterocycles. The van der Waals surface area contributed by atoms with Crippen molar-refractivity contribution < 1.29 is 19.1 Å². The van der Waals surface area contributed by atoms with E-state index in [1.807, 2.05) is 65.7 Å². The third-order valence-corrected chi connectivity index (χ3v) is 5.50. The van der Waals surface area contributed by atoms with Gasteiger partial charge >= 0.3 is 12.2 Å². The van der Waals surface area contributed by atoms with E-state index in [2.05, 4.69) is 19.3 Å². The van der Waals surface area contributed by atoms with Crippen LogP contribution in [-0.2, 0) is 9.47 Å². The highest BCUT2D eigenvalue weighted by molar-refractivity contribution is 6.07. The van der Waals surface area contributed by atoms with Crippen LogP contribution in [0.25, 0.3) is 0 Å². The van der Waals surface area contributed by atoms with E-state index in [0.29, 0.717) is 0 Å². The summed E-state index contributed by atoms with van der Waals surface area (Å²) in [5.74, 6) is 0. The molecule has 1 atom stereocenters. The second kappa shape index (κ2) is 10.6. The molecular weight excluding hydrogens is 432 g/mol. The molecule has 1 N–H and O–H groups in total. The number of hydrogen-bond donors (Lipinski definition) is 1. The van der Waals surface area contributed by atoms with Crippen LogP contribution in [0.2, 0.25) is 0 Å². The number of anilines is 1. The van der Waals surface area contributed by atoms with Gasteiger partial charge in [-0.2, -0.15) is 5.10 Å². The van der Waals surface area contributed by atoms with Gasteiger partial charge in [-0.05, 0) is 45.4 Å². The molecular formula is C26H34N4O4. The van der Waals surface area contributed by atoms with Crippen molar-refractivity contribution in [2.75, 3.05) is 11.6 Å². The molecule has 0 spiro atoms. The standard InChI is InChI=1S/C26H34N4O4/c1-18(2)33-24(31)28-29(25(32)34-19(3)4)17-22-26(5,6)23(20-13-9-7-10-14-20)27-30(22)21-15-11-8-12-16-21/h7-16,18-19,22H,17H2,1-6H3,(H,28,31). The van der Waals surface area contributed by atoms with Gasteiger partial charge in [-0.3, -0.25) is 5.01 Å². The Kier molecular flexibility index (Phi) is 7.81. The SMILES string of the molecule is CC(C)OC(=O)NN(CC1N(c2ccccc2)N=C(c2ccccc2)C1(C)C)C(=O)OC(C)C. The third kappa shape index (κ3) is 5.87. The molecule has 8 heteroatoms. The van der Waals surface area contributed by atoms with Crippen LogP contribution in [-0.4, -0.2) is 47.7 Å². The largest absolute Gasteiger partial charge is 0.446 e. The molecule has 0 fully saturated rings. The number of rotatable bonds is 6. The number of ether oxygens (including phenoxy) is 2. The van der Waals surface area contributed by atoms with Gasteiger partial charge in [-0.15, -0.1) is 0 Å². The fraction of sp³-hybridized carbons (Fsp3) is 0.423. The minimum atomic E-state index is -0.720. The molecule has 0 radical (unpaired) electrons. The highest BCUT2D eigenvalue weighted by Crippen LogP contribution is 2.39. The fourth-order valence-electron chi connectivity index (χ4n) is 3.87. The molecule has 34 heavy (non-hydrogen) atoms. The fourth-order valence-corrected chi connectivity index (χ4v) is 3.87. The molecule has 0 aliphatic carbocycles. The van der Waals surface area contributed by atoms with Crippen LogP contribution >= 0.6 is 0 Å². The maximum Gasteiger partial charge on any atom is 0.429 e. The molecule has 2 aromatic carbocycles. The number of para-hydroxylation sites is 1. The molecule has 1 heterocycles. The van der Waals surface area contributed by atoms with Gasteiger partial charge in [0.1, 0.15) is 0 Å². The summed E-state index contributed by atoms with van der Waals surface area (Å²) in [6.45, 7) is 11.3. The Hall–Kier alpha value is -3.55. The summed E-state index contributed by atoms with van der Waals surface area (Å²) >= 11 is 0. The molecule has 0 bridgehead atoms. The zero-order valence-electron chi connectivity index (χ0n) is 20.7. The Labute approximate surface area is 201 Å².